The van der Waals surface area contributed by atoms with E-state index in [4.69, 9.17) is 0 Å². The van der Waals surface area contributed by atoms with E-state index in [-0.39, 0.29) is 5.91 Å². The molecule has 26 heavy (non-hydrogen) atoms. The number of pyridine rings is 1. The second kappa shape index (κ2) is 6.72. The summed E-state index contributed by atoms with van der Waals surface area (Å²) in [6, 6.07) is 12.8. The molecule has 0 radical (unpaired) electrons. The van der Waals surface area contributed by atoms with E-state index in [0.29, 0.717) is 17.4 Å². The van der Waals surface area contributed by atoms with Gasteiger partial charge in [-0.25, -0.2) is 4.57 Å². The summed E-state index contributed by atoms with van der Waals surface area (Å²) in [5.74, 6) is 0.351. The maximum atomic E-state index is 12.7. The maximum Gasteiger partial charge on any atom is 0.241 e. The van der Waals surface area contributed by atoms with Gasteiger partial charge in [-0.2, -0.15) is 0 Å². The third kappa shape index (κ3) is 3.11. The number of nitrogens with one attached hydrogen (secondary N) is 1. The Kier molecular flexibility index (Phi) is 4.26. The minimum atomic E-state index is -0.612. The lowest BCUT2D eigenvalue weighted by Gasteiger charge is -2.14. The van der Waals surface area contributed by atoms with Crippen LogP contribution in [0.2, 0.25) is 0 Å². The highest BCUT2D eigenvalue weighted by Crippen LogP contribution is 2.52. The minimum absolute atomic E-state index is 0.0837. The lowest BCUT2D eigenvalue weighted by molar-refractivity contribution is -0.116. The molecule has 0 spiro atoms. The number of carbonyl (C=O) groups is 2. The van der Waals surface area contributed by atoms with Crippen molar-refractivity contribution in [2.45, 2.75) is 22.7 Å². The van der Waals surface area contributed by atoms with Crippen LogP contribution in [0.4, 0.5) is 5.69 Å². The topological polar surface area (TPSA) is 89.8 Å². The summed E-state index contributed by atoms with van der Waals surface area (Å²) in [5.41, 5.74) is 1.49. The van der Waals surface area contributed by atoms with Gasteiger partial charge in [-0.15, -0.1) is 10.2 Å². The molecular weight excluding hydrogens is 350 g/mol. The molecule has 0 unspecified atom stereocenters. The van der Waals surface area contributed by atoms with Crippen LogP contribution in [-0.2, 0) is 9.59 Å². The van der Waals surface area contributed by atoms with Gasteiger partial charge in [0.05, 0.1) is 0 Å². The van der Waals surface area contributed by atoms with Gasteiger partial charge in [0.1, 0.15) is 4.75 Å². The Labute approximate surface area is 153 Å². The summed E-state index contributed by atoms with van der Waals surface area (Å²) in [4.78, 5) is 28.3. The molecule has 1 saturated carbocycles. The number of nitrogens with zero attached hydrogens (tertiary/aromatic N) is 4. The van der Waals surface area contributed by atoms with E-state index in [0.717, 1.165) is 24.1 Å². The highest BCUT2D eigenvalue weighted by Gasteiger charge is 2.52. The van der Waals surface area contributed by atoms with Crippen LogP contribution in [0, 0.1) is 0 Å². The Balaban J connectivity index is 1.56. The number of anilines is 1. The first-order valence-corrected chi connectivity index (χ1v) is 8.90. The average molecular weight is 365 g/mol. The molecule has 1 aliphatic carbocycles. The number of hydrogen-bond acceptors (Lipinski definition) is 6. The predicted octanol–water partition coefficient (Wildman–Crippen LogP) is 2.64. The zero-order valence-electron chi connectivity index (χ0n) is 13.7. The fraction of sp³-hybridized carbons (Fsp3) is 0.167. The molecule has 1 aliphatic rings. The normalized spacial score (nSPS) is 14.6. The Morgan fingerprint density at radius 3 is 2.50 bits per heavy atom. The molecule has 130 valence electrons. The fourth-order valence-corrected chi connectivity index (χ4v) is 3.68. The van der Waals surface area contributed by atoms with Crippen LogP contribution in [0.15, 0.2) is 60.0 Å². The fourth-order valence-electron chi connectivity index (χ4n) is 2.57. The van der Waals surface area contributed by atoms with Crippen LogP contribution in [0.25, 0.3) is 11.4 Å². The molecule has 1 fully saturated rings. The number of aromatic nitrogens is 4. The monoisotopic (exact) mass is 365 g/mol. The molecule has 8 heteroatoms. The number of rotatable bonds is 6. The Morgan fingerprint density at radius 2 is 1.85 bits per heavy atom. The van der Waals surface area contributed by atoms with E-state index >= 15 is 0 Å². The molecule has 0 saturated heterocycles. The van der Waals surface area contributed by atoms with Crippen LogP contribution >= 0.6 is 11.8 Å². The van der Waals surface area contributed by atoms with Crippen molar-refractivity contribution in [3.63, 3.8) is 0 Å². The molecule has 1 N–H and O–H groups in total. The predicted molar refractivity (Wildman–Crippen MR) is 98.3 cm³/mol. The maximum absolute atomic E-state index is 12.7. The zero-order chi connectivity index (χ0) is 18.0. The summed E-state index contributed by atoms with van der Waals surface area (Å²) in [6.45, 7) is 0. The summed E-state index contributed by atoms with van der Waals surface area (Å²) >= 11 is 1.28. The number of benzene rings is 1. The van der Waals surface area contributed by atoms with E-state index in [1.165, 1.54) is 16.3 Å². The summed E-state index contributed by atoms with van der Waals surface area (Å²) < 4.78 is 0.759. The van der Waals surface area contributed by atoms with Gasteiger partial charge in [0.25, 0.3) is 0 Å². The summed E-state index contributed by atoms with van der Waals surface area (Å²) in [7, 11) is 0. The third-order valence-corrected chi connectivity index (χ3v) is 5.59. The molecule has 2 aromatic heterocycles. The van der Waals surface area contributed by atoms with Crippen molar-refractivity contribution in [3.8, 4) is 11.4 Å². The van der Waals surface area contributed by atoms with Gasteiger partial charge >= 0.3 is 0 Å². The smallest absolute Gasteiger partial charge is 0.241 e. The standard InChI is InChI=1S/C18H15N5O2S/c24-12-23-15(13-6-10-19-11-7-13)21-22-17(23)26-18(8-9-18)16(25)20-14-4-2-1-3-5-14/h1-7,10-12H,8-9H2,(H,20,25). The largest absolute Gasteiger partial charge is 0.325 e. The number of amides is 1. The van der Waals surface area contributed by atoms with Gasteiger partial charge in [0.15, 0.2) is 11.0 Å². The lowest BCUT2D eigenvalue weighted by atomic mass is 10.2. The van der Waals surface area contributed by atoms with Gasteiger partial charge in [-0.1, -0.05) is 30.0 Å². The van der Waals surface area contributed by atoms with Crippen molar-refractivity contribution >= 4 is 29.8 Å². The third-order valence-electron chi connectivity index (χ3n) is 4.14. The summed E-state index contributed by atoms with van der Waals surface area (Å²) in [5, 5.41) is 11.6. The first-order valence-electron chi connectivity index (χ1n) is 8.08. The van der Waals surface area contributed by atoms with Crippen molar-refractivity contribution < 1.29 is 9.59 Å². The molecule has 0 aliphatic heterocycles. The Hall–Kier alpha value is -3.00. The quantitative estimate of drug-likeness (QED) is 0.676. The van der Waals surface area contributed by atoms with E-state index in [1.807, 2.05) is 30.3 Å². The molecule has 1 amide bonds. The molecule has 0 atom stereocenters. The SMILES string of the molecule is O=Cn1c(SC2(C(=O)Nc3ccccc3)CC2)nnc1-c1ccncc1. The van der Waals surface area contributed by atoms with Crippen LogP contribution < -0.4 is 5.32 Å². The molecule has 7 nitrogen and oxygen atoms in total. The molecule has 4 rings (SSSR count). The van der Waals surface area contributed by atoms with Crippen molar-refractivity contribution in [1.82, 2.24) is 19.7 Å². The number of hydrogen-bond donors (Lipinski definition) is 1. The van der Waals surface area contributed by atoms with Crippen LogP contribution in [0.1, 0.15) is 12.8 Å². The lowest BCUT2D eigenvalue weighted by Crippen LogP contribution is -2.27. The van der Waals surface area contributed by atoms with E-state index < -0.39 is 4.75 Å². The van der Waals surface area contributed by atoms with Gasteiger partial charge in [0, 0.05) is 23.6 Å². The molecule has 3 aromatic rings. The van der Waals surface area contributed by atoms with E-state index in [2.05, 4.69) is 20.5 Å². The van der Waals surface area contributed by atoms with Crippen molar-refractivity contribution in [2.75, 3.05) is 5.32 Å². The van der Waals surface area contributed by atoms with Crippen molar-refractivity contribution in [2.24, 2.45) is 0 Å². The van der Waals surface area contributed by atoms with Crippen molar-refractivity contribution in [3.05, 3.63) is 54.9 Å². The number of thioether (sulfide) groups is 1. The molecule has 0 bridgehead atoms. The number of para-hydroxylation sites is 1. The highest BCUT2D eigenvalue weighted by molar-refractivity contribution is 8.01. The zero-order valence-corrected chi connectivity index (χ0v) is 14.5. The van der Waals surface area contributed by atoms with E-state index in [9.17, 15) is 9.59 Å². The van der Waals surface area contributed by atoms with E-state index in [1.54, 1.807) is 24.5 Å². The minimum Gasteiger partial charge on any atom is -0.325 e. The second-order valence-corrected chi connectivity index (χ2v) is 7.28. The molecular formula is C18H15N5O2S. The Morgan fingerprint density at radius 1 is 1.12 bits per heavy atom. The van der Waals surface area contributed by atoms with Crippen LogP contribution in [-0.4, -0.2) is 36.8 Å². The van der Waals surface area contributed by atoms with Gasteiger partial charge in [-0.05, 0) is 37.1 Å². The first kappa shape index (κ1) is 16.5. The Bertz CT molecular complexity index is 939. The van der Waals surface area contributed by atoms with Crippen LogP contribution in [0.5, 0.6) is 0 Å². The first-order chi connectivity index (χ1) is 12.7. The highest BCUT2D eigenvalue weighted by atomic mass is 32.2. The molecule has 1 aromatic carbocycles. The molecule has 2 heterocycles. The van der Waals surface area contributed by atoms with Crippen LogP contribution in [0.3, 0.4) is 0 Å². The second-order valence-electron chi connectivity index (χ2n) is 5.93. The summed E-state index contributed by atoms with van der Waals surface area (Å²) in [6.07, 6.45) is 5.38. The number of carbonyl (C=O) groups excluding carboxylic acids is 2. The average Bonchev–Trinajstić information content (AvgIpc) is 3.36. The van der Waals surface area contributed by atoms with Gasteiger partial charge in [0.2, 0.25) is 12.3 Å². The van der Waals surface area contributed by atoms with Gasteiger partial charge < -0.3 is 5.32 Å². The van der Waals surface area contributed by atoms with Crippen molar-refractivity contribution in [1.29, 1.82) is 0 Å². The van der Waals surface area contributed by atoms with Gasteiger partial charge in [-0.3, -0.25) is 14.6 Å².